The zero-order chi connectivity index (χ0) is 13.9. The van der Waals surface area contributed by atoms with Gasteiger partial charge in [-0.05, 0) is 18.2 Å². The summed E-state index contributed by atoms with van der Waals surface area (Å²) >= 11 is 0. The van der Waals surface area contributed by atoms with Gasteiger partial charge in [0.25, 0.3) is 5.92 Å². The van der Waals surface area contributed by atoms with Crippen molar-refractivity contribution in [1.82, 2.24) is 10.2 Å². The van der Waals surface area contributed by atoms with E-state index in [4.69, 9.17) is 4.74 Å². The van der Waals surface area contributed by atoms with E-state index in [0.29, 0.717) is 12.3 Å². The normalized spacial score (nSPS) is 17.5. The quantitative estimate of drug-likeness (QED) is 0.908. The fourth-order valence-corrected chi connectivity index (χ4v) is 2.29. The molecular weight excluding hydrogens is 250 g/mol. The number of methoxy groups -OCH3 is 1. The average molecular weight is 270 g/mol. The summed E-state index contributed by atoms with van der Waals surface area (Å²) in [7, 11) is 1.57. The molecular formula is C14H20F2N2O. The first-order chi connectivity index (χ1) is 9.00. The molecule has 1 aromatic rings. The lowest BCUT2D eigenvalue weighted by Gasteiger charge is -2.28. The molecule has 1 aliphatic heterocycles. The summed E-state index contributed by atoms with van der Waals surface area (Å²) in [6.07, 6.45) is 0. The number of hydrogen-bond donors (Lipinski definition) is 1. The molecule has 1 fully saturated rings. The van der Waals surface area contributed by atoms with E-state index in [-0.39, 0.29) is 5.56 Å². The number of hydrogen-bond acceptors (Lipinski definition) is 3. The van der Waals surface area contributed by atoms with E-state index in [1.54, 1.807) is 19.2 Å². The van der Waals surface area contributed by atoms with Crippen molar-refractivity contribution in [2.24, 2.45) is 0 Å². The summed E-state index contributed by atoms with van der Waals surface area (Å²) in [6, 6.07) is 4.62. The summed E-state index contributed by atoms with van der Waals surface area (Å²) in [5, 5.41) is 3.27. The van der Waals surface area contributed by atoms with Crippen molar-refractivity contribution in [3.05, 3.63) is 29.3 Å². The van der Waals surface area contributed by atoms with Crippen molar-refractivity contribution < 1.29 is 13.5 Å². The van der Waals surface area contributed by atoms with Crippen LogP contribution < -0.4 is 10.1 Å². The smallest absolute Gasteiger partial charge is 0.270 e. The molecule has 0 atom stereocenters. The molecule has 1 N–H and O–H groups in total. The van der Waals surface area contributed by atoms with Crippen LogP contribution in [0.4, 0.5) is 8.78 Å². The maximum Gasteiger partial charge on any atom is 0.270 e. The highest BCUT2D eigenvalue weighted by molar-refractivity contribution is 5.38. The van der Waals surface area contributed by atoms with Crippen molar-refractivity contribution in [1.29, 1.82) is 0 Å². The third-order valence-corrected chi connectivity index (χ3v) is 3.39. The van der Waals surface area contributed by atoms with Gasteiger partial charge in [-0.25, -0.2) is 8.78 Å². The van der Waals surface area contributed by atoms with Crippen LogP contribution in [0.25, 0.3) is 0 Å². The number of halogens is 2. The Morgan fingerprint density at radius 1 is 1.32 bits per heavy atom. The van der Waals surface area contributed by atoms with Gasteiger partial charge in [0.15, 0.2) is 0 Å². The van der Waals surface area contributed by atoms with Crippen LogP contribution >= 0.6 is 0 Å². The number of ether oxygens (including phenoxy) is 1. The summed E-state index contributed by atoms with van der Waals surface area (Å²) in [4.78, 5) is 2.24. The van der Waals surface area contributed by atoms with Gasteiger partial charge in [0, 0.05) is 50.8 Å². The van der Waals surface area contributed by atoms with E-state index in [1.807, 2.05) is 0 Å². The summed E-state index contributed by atoms with van der Waals surface area (Å²) in [6.45, 7) is 5.29. The van der Waals surface area contributed by atoms with Gasteiger partial charge in [-0.3, -0.25) is 4.90 Å². The van der Waals surface area contributed by atoms with Crippen LogP contribution in [0.15, 0.2) is 18.2 Å². The summed E-state index contributed by atoms with van der Waals surface area (Å²) in [5.41, 5.74) is 0.863. The Morgan fingerprint density at radius 2 is 2.00 bits per heavy atom. The van der Waals surface area contributed by atoms with Gasteiger partial charge < -0.3 is 10.1 Å². The minimum absolute atomic E-state index is 0.0402. The fourth-order valence-electron chi connectivity index (χ4n) is 2.29. The van der Waals surface area contributed by atoms with Gasteiger partial charge in [0.1, 0.15) is 5.75 Å². The molecule has 1 aliphatic rings. The van der Waals surface area contributed by atoms with Gasteiger partial charge in [-0.1, -0.05) is 0 Å². The third-order valence-electron chi connectivity index (χ3n) is 3.39. The lowest BCUT2D eigenvalue weighted by Crippen LogP contribution is -2.42. The second-order valence-electron chi connectivity index (χ2n) is 4.94. The highest BCUT2D eigenvalue weighted by Crippen LogP contribution is 2.31. The molecule has 2 rings (SSSR count). The largest absolute Gasteiger partial charge is 0.496 e. The predicted molar refractivity (Wildman–Crippen MR) is 70.7 cm³/mol. The zero-order valence-electron chi connectivity index (χ0n) is 11.4. The zero-order valence-corrected chi connectivity index (χ0v) is 11.4. The maximum absolute atomic E-state index is 13.4. The Morgan fingerprint density at radius 3 is 2.58 bits per heavy atom. The van der Waals surface area contributed by atoms with Crippen molar-refractivity contribution in [3.8, 4) is 5.75 Å². The van der Waals surface area contributed by atoms with E-state index >= 15 is 0 Å². The molecule has 1 heterocycles. The second-order valence-corrected chi connectivity index (χ2v) is 4.94. The van der Waals surface area contributed by atoms with Crippen LogP contribution in [-0.2, 0) is 12.5 Å². The Labute approximate surface area is 112 Å². The maximum atomic E-state index is 13.4. The molecule has 0 aliphatic carbocycles. The predicted octanol–water partition coefficient (Wildman–Crippen LogP) is 2.21. The molecule has 0 saturated carbocycles. The van der Waals surface area contributed by atoms with E-state index in [9.17, 15) is 8.78 Å². The number of alkyl halides is 2. The SMILES string of the molecule is COc1ccc(C(C)(F)F)cc1CN1CCNCC1. The Balaban J connectivity index is 2.20. The Bertz CT molecular complexity index is 426. The van der Waals surface area contributed by atoms with Crippen molar-refractivity contribution in [3.63, 3.8) is 0 Å². The Kier molecular flexibility index (Phi) is 4.37. The molecule has 106 valence electrons. The fraction of sp³-hybridized carbons (Fsp3) is 0.571. The van der Waals surface area contributed by atoms with Crippen LogP contribution in [0.5, 0.6) is 5.75 Å². The van der Waals surface area contributed by atoms with Gasteiger partial charge in [-0.15, -0.1) is 0 Å². The van der Waals surface area contributed by atoms with Gasteiger partial charge in [0.05, 0.1) is 7.11 Å². The van der Waals surface area contributed by atoms with Crippen LogP contribution in [0.2, 0.25) is 0 Å². The average Bonchev–Trinajstić information content (AvgIpc) is 2.39. The number of nitrogens with one attached hydrogen (secondary N) is 1. The minimum atomic E-state index is -2.82. The van der Waals surface area contributed by atoms with Gasteiger partial charge in [-0.2, -0.15) is 0 Å². The molecule has 0 radical (unpaired) electrons. The number of piperazine rings is 1. The second kappa shape index (κ2) is 5.84. The van der Waals surface area contributed by atoms with Crippen LogP contribution in [0.3, 0.4) is 0 Å². The number of rotatable bonds is 4. The first kappa shape index (κ1) is 14.2. The minimum Gasteiger partial charge on any atom is -0.496 e. The molecule has 5 heteroatoms. The monoisotopic (exact) mass is 270 g/mol. The van der Waals surface area contributed by atoms with Crippen LogP contribution in [-0.4, -0.2) is 38.2 Å². The van der Waals surface area contributed by atoms with E-state index in [1.165, 1.54) is 6.07 Å². The lowest BCUT2D eigenvalue weighted by atomic mass is 10.0. The highest BCUT2D eigenvalue weighted by Gasteiger charge is 2.25. The number of nitrogens with zero attached hydrogens (tertiary/aromatic N) is 1. The summed E-state index contributed by atoms with van der Waals surface area (Å²) in [5.74, 6) is -2.14. The van der Waals surface area contributed by atoms with Crippen molar-refractivity contribution in [2.75, 3.05) is 33.3 Å². The molecule has 0 bridgehead atoms. The molecule has 0 spiro atoms. The molecule has 0 unspecified atom stereocenters. The van der Waals surface area contributed by atoms with Crippen LogP contribution in [0.1, 0.15) is 18.1 Å². The first-order valence-electron chi connectivity index (χ1n) is 6.49. The molecule has 1 saturated heterocycles. The topological polar surface area (TPSA) is 24.5 Å². The summed E-state index contributed by atoms with van der Waals surface area (Å²) < 4.78 is 32.0. The van der Waals surface area contributed by atoms with Crippen LogP contribution in [0, 0.1) is 0 Å². The van der Waals surface area contributed by atoms with E-state index in [2.05, 4.69) is 10.2 Å². The Hall–Kier alpha value is -1.20. The van der Waals surface area contributed by atoms with Crippen molar-refractivity contribution in [2.45, 2.75) is 19.4 Å². The van der Waals surface area contributed by atoms with Gasteiger partial charge in [0.2, 0.25) is 0 Å². The van der Waals surface area contributed by atoms with Gasteiger partial charge >= 0.3 is 0 Å². The first-order valence-corrected chi connectivity index (χ1v) is 6.49. The standard InChI is InChI=1S/C14H20F2N2O/c1-14(15,16)12-3-4-13(19-2)11(9-12)10-18-7-5-17-6-8-18/h3-4,9,17H,5-8,10H2,1-2H3. The molecule has 0 aromatic heterocycles. The molecule has 0 amide bonds. The number of benzene rings is 1. The highest BCUT2D eigenvalue weighted by atomic mass is 19.3. The molecule has 1 aromatic carbocycles. The van der Waals surface area contributed by atoms with E-state index < -0.39 is 5.92 Å². The molecule has 19 heavy (non-hydrogen) atoms. The van der Waals surface area contributed by atoms with Crippen molar-refractivity contribution >= 4 is 0 Å². The molecule has 3 nitrogen and oxygen atoms in total. The lowest BCUT2D eigenvalue weighted by molar-refractivity contribution is 0.0173. The third kappa shape index (κ3) is 3.64. The van der Waals surface area contributed by atoms with E-state index in [0.717, 1.165) is 38.7 Å².